The van der Waals surface area contributed by atoms with Crippen LogP contribution in [0.4, 0.5) is 5.69 Å². The van der Waals surface area contributed by atoms with Crippen LogP contribution in [0.15, 0.2) is 24.4 Å². The van der Waals surface area contributed by atoms with Crippen LogP contribution in [-0.2, 0) is 4.79 Å². The molecule has 130 valence electrons. The van der Waals surface area contributed by atoms with Gasteiger partial charge in [0.15, 0.2) is 5.69 Å². The SMILES string of the molecule is CCN(CCCOc1cnc(C#N)c(N)c1)C(=O)/C=C/CN(C)C. The molecule has 0 saturated carbocycles. The number of carbonyl (C=O) groups is 1. The highest BCUT2D eigenvalue weighted by Crippen LogP contribution is 2.16. The number of pyridine rings is 1. The molecule has 1 heterocycles. The molecule has 0 aliphatic rings. The molecular weight excluding hydrogens is 306 g/mol. The predicted molar refractivity (Wildman–Crippen MR) is 93.4 cm³/mol. The second-order valence-electron chi connectivity index (χ2n) is 5.51. The van der Waals surface area contributed by atoms with Gasteiger partial charge in [0.2, 0.25) is 5.91 Å². The van der Waals surface area contributed by atoms with E-state index in [0.29, 0.717) is 37.6 Å². The summed E-state index contributed by atoms with van der Waals surface area (Å²) in [4.78, 5) is 19.7. The molecule has 7 heteroatoms. The molecule has 0 aliphatic carbocycles. The van der Waals surface area contributed by atoms with Crippen LogP contribution in [0.5, 0.6) is 5.75 Å². The van der Waals surface area contributed by atoms with E-state index in [0.717, 1.165) is 6.54 Å². The van der Waals surface area contributed by atoms with E-state index in [9.17, 15) is 4.79 Å². The second kappa shape index (κ2) is 10.2. The van der Waals surface area contributed by atoms with Gasteiger partial charge in [-0.1, -0.05) is 6.08 Å². The standard InChI is InChI=1S/C17H25N5O2/c1-4-22(17(23)7-5-8-21(2)3)9-6-10-24-14-11-15(19)16(12-18)20-13-14/h5,7,11,13H,4,6,8-10,19H2,1-3H3/b7-5+. The number of nitriles is 1. The summed E-state index contributed by atoms with van der Waals surface area (Å²) in [6.45, 7) is 4.39. The average Bonchev–Trinajstić information content (AvgIpc) is 2.54. The summed E-state index contributed by atoms with van der Waals surface area (Å²) in [5.41, 5.74) is 6.17. The lowest BCUT2D eigenvalue weighted by atomic mass is 10.3. The summed E-state index contributed by atoms with van der Waals surface area (Å²) < 4.78 is 5.56. The zero-order valence-electron chi connectivity index (χ0n) is 14.5. The lowest BCUT2D eigenvalue weighted by molar-refractivity contribution is -0.126. The molecular formula is C17H25N5O2. The number of ether oxygens (including phenoxy) is 1. The largest absolute Gasteiger partial charge is 0.492 e. The average molecular weight is 331 g/mol. The van der Waals surface area contributed by atoms with Crippen molar-refractivity contribution in [2.24, 2.45) is 0 Å². The quantitative estimate of drug-likeness (QED) is 0.541. The van der Waals surface area contributed by atoms with E-state index in [1.807, 2.05) is 38.1 Å². The molecule has 0 spiro atoms. The fourth-order valence-corrected chi connectivity index (χ4v) is 1.97. The van der Waals surface area contributed by atoms with Gasteiger partial charge >= 0.3 is 0 Å². The third-order valence-corrected chi connectivity index (χ3v) is 3.26. The Bertz CT molecular complexity index is 607. The smallest absolute Gasteiger partial charge is 0.246 e. The number of nitrogens with two attached hydrogens (primary N) is 1. The number of hydrogen-bond donors (Lipinski definition) is 1. The van der Waals surface area contributed by atoms with Gasteiger partial charge in [0.05, 0.1) is 18.5 Å². The number of nitrogens with zero attached hydrogens (tertiary/aromatic N) is 4. The molecule has 7 nitrogen and oxygen atoms in total. The van der Waals surface area contributed by atoms with Gasteiger partial charge in [-0.15, -0.1) is 0 Å². The number of hydrogen-bond acceptors (Lipinski definition) is 6. The van der Waals surface area contributed by atoms with Crippen molar-refractivity contribution in [2.75, 3.05) is 46.1 Å². The number of anilines is 1. The van der Waals surface area contributed by atoms with Crippen LogP contribution in [0.3, 0.4) is 0 Å². The fourth-order valence-electron chi connectivity index (χ4n) is 1.97. The molecule has 2 N–H and O–H groups in total. The molecule has 0 atom stereocenters. The molecule has 0 unspecified atom stereocenters. The Hall–Kier alpha value is -2.59. The van der Waals surface area contributed by atoms with Crippen LogP contribution < -0.4 is 10.5 Å². The van der Waals surface area contributed by atoms with Crippen LogP contribution in [0.25, 0.3) is 0 Å². The summed E-state index contributed by atoms with van der Waals surface area (Å²) in [5, 5.41) is 8.78. The molecule has 0 aliphatic heterocycles. The molecule has 0 bridgehead atoms. The molecule has 0 saturated heterocycles. The normalized spacial score (nSPS) is 10.8. The maximum Gasteiger partial charge on any atom is 0.246 e. The molecule has 1 rings (SSSR count). The maximum atomic E-state index is 12.1. The van der Waals surface area contributed by atoms with Crippen molar-refractivity contribution in [3.8, 4) is 11.8 Å². The van der Waals surface area contributed by atoms with Crippen molar-refractivity contribution in [3.05, 3.63) is 30.1 Å². The van der Waals surface area contributed by atoms with Crippen LogP contribution in [0.1, 0.15) is 19.0 Å². The number of amides is 1. The first-order chi connectivity index (χ1) is 11.5. The van der Waals surface area contributed by atoms with Gasteiger partial charge in [0.25, 0.3) is 0 Å². The molecule has 1 amide bonds. The number of likely N-dealkylation sites (N-methyl/N-ethyl adjacent to an activating group) is 2. The van der Waals surface area contributed by atoms with Gasteiger partial charge in [0, 0.05) is 31.8 Å². The molecule has 0 fully saturated rings. The minimum atomic E-state index is 0.00337. The minimum absolute atomic E-state index is 0.00337. The minimum Gasteiger partial charge on any atom is -0.492 e. The Morgan fingerprint density at radius 3 is 2.83 bits per heavy atom. The molecule has 1 aromatic rings. The second-order valence-corrected chi connectivity index (χ2v) is 5.51. The van der Waals surface area contributed by atoms with Crippen molar-refractivity contribution in [2.45, 2.75) is 13.3 Å². The number of nitrogen functional groups attached to an aromatic ring is 1. The van der Waals surface area contributed by atoms with E-state index in [4.69, 9.17) is 15.7 Å². The Labute approximate surface area is 143 Å². The Morgan fingerprint density at radius 2 is 2.25 bits per heavy atom. The van der Waals surface area contributed by atoms with Crippen molar-refractivity contribution < 1.29 is 9.53 Å². The summed E-state index contributed by atoms with van der Waals surface area (Å²) in [6, 6.07) is 3.48. The predicted octanol–water partition coefficient (Wildman–Crippen LogP) is 1.27. The van der Waals surface area contributed by atoms with E-state index >= 15 is 0 Å². The van der Waals surface area contributed by atoms with Crippen LogP contribution >= 0.6 is 0 Å². The first-order valence-electron chi connectivity index (χ1n) is 7.86. The Balaban J connectivity index is 2.39. The topological polar surface area (TPSA) is 95.5 Å². The van der Waals surface area contributed by atoms with Gasteiger partial charge in [-0.05, 0) is 27.4 Å². The third-order valence-electron chi connectivity index (χ3n) is 3.26. The molecule has 1 aromatic heterocycles. The van der Waals surface area contributed by atoms with E-state index < -0.39 is 0 Å². The van der Waals surface area contributed by atoms with Crippen LogP contribution in [0, 0.1) is 11.3 Å². The van der Waals surface area contributed by atoms with Crippen molar-refractivity contribution >= 4 is 11.6 Å². The summed E-state index contributed by atoms with van der Waals surface area (Å²) in [7, 11) is 3.91. The molecule has 0 aromatic carbocycles. The monoisotopic (exact) mass is 331 g/mol. The zero-order chi connectivity index (χ0) is 17.9. The van der Waals surface area contributed by atoms with Gasteiger partial charge in [-0.25, -0.2) is 4.98 Å². The van der Waals surface area contributed by atoms with Gasteiger partial charge in [-0.2, -0.15) is 5.26 Å². The zero-order valence-corrected chi connectivity index (χ0v) is 14.5. The highest BCUT2D eigenvalue weighted by Gasteiger charge is 2.08. The van der Waals surface area contributed by atoms with Crippen LogP contribution in [-0.4, -0.2) is 61.0 Å². The lowest BCUT2D eigenvalue weighted by Gasteiger charge is -2.19. The Kier molecular flexibility index (Phi) is 8.30. The molecule has 0 radical (unpaired) electrons. The molecule has 24 heavy (non-hydrogen) atoms. The maximum absolute atomic E-state index is 12.1. The van der Waals surface area contributed by atoms with Crippen LogP contribution in [0.2, 0.25) is 0 Å². The number of rotatable bonds is 9. The highest BCUT2D eigenvalue weighted by molar-refractivity contribution is 5.87. The first kappa shape index (κ1) is 19.5. The van der Waals surface area contributed by atoms with E-state index in [1.54, 1.807) is 17.0 Å². The lowest BCUT2D eigenvalue weighted by Crippen LogP contribution is -2.31. The van der Waals surface area contributed by atoms with Gasteiger partial charge in [-0.3, -0.25) is 4.79 Å². The highest BCUT2D eigenvalue weighted by atomic mass is 16.5. The fraction of sp³-hybridized carbons (Fsp3) is 0.471. The first-order valence-corrected chi connectivity index (χ1v) is 7.86. The summed E-state index contributed by atoms with van der Waals surface area (Å²) >= 11 is 0. The van der Waals surface area contributed by atoms with Gasteiger partial charge < -0.3 is 20.3 Å². The van der Waals surface area contributed by atoms with E-state index in [1.165, 1.54) is 6.20 Å². The summed E-state index contributed by atoms with van der Waals surface area (Å²) in [6.07, 6.45) is 5.63. The summed E-state index contributed by atoms with van der Waals surface area (Å²) in [5.74, 6) is 0.524. The Morgan fingerprint density at radius 1 is 1.50 bits per heavy atom. The van der Waals surface area contributed by atoms with E-state index in [-0.39, 0.29) is 11.6 Å². The van der Waals surface area contributed by atoms with Crippen molar-refractivity contribution in [1.29, 1.82) is 5.26 Å². The van der Waals surface area contributed by atoms with E-state index in [2.05, 4.69) is 4.98 Å². The third kappa shape index (κ3) is 6.67. The van der Waals surface area contributed by atoms with Crippen molar-refractivity contribution in [3.63, 3.8) is 0 Å². The van der Waals surface area contributed by atoms with Gasteiger partial charge in [0.1, 0.15) is 11.8 Å². The number of aromatic nitrogens is 1. The van der Waals surface area contributed by atoms with Crippen molar-refractivity contribution in [1.82, 2.24) is 14.8 Å². The number of carbonyl (C=O) groups excluding carboxylic acids is 1.